The van der Waals surface area contributed by atoms with Gasteiger partial charge >= 0.3 is 0 Å². The molecule has 1 amide bonds. The number of alkyl halides is 1. The van der Waals surface area contributed by atoms with Gasteiger partial charge in [-0.1, -0.05) is 40.6 Å². The predicted octanol–water partition coefficient (Wildman–Crippen LogP) is 2.77. The van der Waals surface area contributed by atoms with Crippen LogP contribution in [0.15, 0.2) is 18.2 Å². The number of nitrogens with zero attached hydrogens (tertiary/aromatic N) is 1. The van der Waals surface area contributed by atoms with E-state index in [1.54, 1.807) is 0 Å². The number of rotatable bonds is 1. The second kappa shape index (κ2) is 6.52. The minimum Gasteiger partial charge on any atom is -0.349 e. The maximum absolute atomic E-state index is 13.6. The van der Waals surface area contributed by atoms with Crippen LogP contribution in [0.4, 0.5) is 8.78 Å². The number of hydrogen-bond donors (Lipinski definition) is 0. The van der Waals surface area contributed by atoms with Crippen LogP contribution in [0, 0.1) is 17.7 Å². The van der Waals surface area contributed by atoms with Crippen molar-refractivity contribution in [1.29, 1.82) is 0 Å². The van der Waals surface area contributed by atoms with E-state index in [0.29, 0.717) is 6.42 Å². The van der Waals surface area contributed by atoms with E-state index in [2.05, 4.69) is 6.08 Å². The molecule has 0 spiro atoms. The average molecular weight is 437 g/mol. The Bertz CT molecular complexity index is 487. The van der Waals surface area contributed by atoms with Crippen LogP contribution in [0.5, 0.6) is 0 Å². The Morgan fingerprint density at radius 2 is 1.94 bits per heavy atom. The van der Waals surface area contributed by atoms with Gasteiger partial charge in [0, 0.05) is 39.8 Å². The molecule has 2 rings (SSSR count). The van der Waals surface area contributed by atoms with Gasteiger partial charge in [-0.3, -0.25) is 4.79 Å². The second-order valence-electron chi connectivity index (χ2n) is 3.69. The number of allylic oxidation sites excluding steroid dienone is 1. The van der Waals surface area contributed by atoms with Crippen molar-refractivity contribution in [1.82, 2.24) is 4.90 Å². The van der Waals surface area contributed by atoms with Crippen LogP contribution in [-0.2, 0) is 37.5 Å². The van der Waals surface area contributed by atoms with Crippen molar-refractivity contribution in [2.45, 2.75) is 10.3 Å². The van der Waals surface area contributed by atoms with Gasteiger partial charge < -0.3 is 4.90 Å². The van der Waals surface area contributed by atoms with E-state index in [0.717, 1.165) is 0 Å². The van der Waals surface area contributed by atoms with Gasteiger partial charge in [-0.15, -0.1) is 5.70 Å². The average Bonchev–Trinajstić information content (AvgIpc) is 2.29. The largest absolute Gasteiger partial charge is 0.349 e. The van der Waals surface area contributed by atoms with Gasteiger partial charge in [0.15, 0.2) is 0 Å². The zero-order valence-electron chi connectivity index (χ0n) is 9.58. The van der Waals surface area contributed by atoms with Crippen molar-refractivity contribution >= 4 is 34.2 Å². The van der Waals surface area contributed by atoms with Gasteiger partial charge in [0.05, 0.1) is 15.6 Å². The summed E-state index contributed by atoms with van der Waals surface area (Å²) in [4.78, 5) is 13.0. The number of benzene rings is 1. The van der Waals surface area contributed by atoms with Crippen LogP contribution >= 0.6 is 22.6 Å². The summed E-state index contributed by atoms with van der Waals surface area (Å²) < 4.78 is 27.0. The Morgan fingerprint density at radius 3 is 2.50 bits per heavy atom. The van der Waals surface area contributed by atoms with Crippen LogP contribution in [-0.4, -0.2) is 21.8 Å². The summed E-state index contributed by atoms with van der Waals surface area (Å²) in [6.45, 7) is 0. The van der Waals surface area contributed by atoms with E-state index in [1.165, 1.54) is 30.1 Å². The Labute approximate surface area is 143 Å². The first-order valence-electron chi connectivity index (χ1n) is 4.99. The van der Waals surface area contributed by atoms with Crippen LogP contribution in [0.1, 0.15) is 12.0 Å². The molecule has 2 nitrogen and oxygen atoms in total. The van der Waals surface area contributed by atoms with E-state index in [1.807, 2.05) is 22.6 Å². The molecule has 0 bridgehead atoms. The topological polar surface area (TPSA) is 20.3 Å². The van der Waals surface area contributed by atoms with Crippen LogP contribution in [0.2, 0.25) is 0 Å². The van der Waals surface area contributed by atoms with Gasteiger partial charge in [-0.2, -0.15) is 0 Å². The smallest absolute Gasteiger partial charge is 0.235 e. The summed E-state index contributed by atoms with van der Waals surface area (Å²) in [5.41, 5.74) is -0.00911. The summed E-state index contributed by atoms with van der Waals surface area (Å²) in [6, 6.07) is 3.63. The zero-order chi connectivity index (χ0) is 12.6. The fraction of sp³-hybridized carbons (Fsp3) is 0.250. The summed E-state index contributed by atoms with van der Waals surface area (Å²) in [5, 5.41) is 0. The molecule has 1 aromatic carbocycles. The van der Waals surface area contributed by atoms with Gasteiger partial charge in [0.2, 0.25) is 5.91 Å². The molecule has 1 atom stereocenters. The molecule has 1 heterocycles. The van der Waals surface area contributed by atoms with Crippen molar-refractivity contribution in [2.75, 3.05) is 7.05 Å². The number of carbonyl (C=O) groups is 1. The molecule has 1 aromatic rings. The maximum Gasteiger partial charge on any atom is 0.235 e. The van der Waals surface area contributed by atoms with E-state index >= 15 is 0 Å². The van der Waals surface area contributed by atoms with Crippen LogP contribution in [0.3, 0.4) is 0 Å². The number of halogens is 3. The van der Waals surface area contributed by atoms with Gasteiger partial charge in [-0.25, -0.2) is 14.9 Å². The molecular formula is C12H9F2INOY-. The molecule has 0 saturated carbocycles. The van der Waals surface area contributed by atoms with Gasteiger partial charge in [-0.05, 0) is 12.1 Å². The summed E-state index contributed by atoms with van der Waals surface area (Å²) in [6.07, 6.45) is 3.25. The van der Waals surface area contributed by atoms with Gasteiger partial charge in [0.1, 0.15) is 0 Å². The second-order valence-corrected chi connectivity index (χ2v) is 5.19. The minimum atomic E-state index is -0.681. The molecule has 93 valence electrons. The molecule has 0 N–H and O–H groups in total. The third-order valence-electron chi connectivity index (χ3n) is 2.58. The molecule has 6 heteroatoms. The molecule has 1 radical (unpaired) electrons. The first-order valence-corrected chi connectivity index (χ1v) is 6.23. The SMILES string of the molecule is CN1C(=O)C(I)C[C-]=C1c1c(F)cccc1F.[Y]. The monoisotopic (exact) mass is 437 g/mol. The third-order valence-corrected chi connectivity index (χ3v) is 3.56. The third kappa shape index (κ3) is 2.99. The van der Waals surface area contributed by atoms with E-state index in [9.17, 15) is 13.6 Å². The normalized spacial score (nSPS) is 19.3. The number of carbonyl (C=O) groups excluding carboxylic acids is 1. The van der Waals surface area contributed by atoms with Crippen molar-refractivity contribution in [3.05, 3.63) is 41.5 Å². The van der Waals surface area contributed by atoms with E-state index in [-0.39, 0.29) is 53.8 Å². The summed E-state index contributed by atoms with van der Waals surface area (Å²) >= 11 is 1.99. The fourth-order valence-electron chi connectivity index (χ4n) is 1.69. The molecule has 0 aromatic heterocycles. The van der Waals surface area contributed by atoms with Crippen molar-refractivity contribution in [3.8, 4) is 0 Å². The van der Waals surface area contributed by atoms with Crippen molar-refractivity contribution in [2.24, 2.45) is 0 Å². The molecule has 0 aliphatic carbocycles. The predicted molar refractivity (Wildman–Crippen MR) is 68.2 cm³/mol. The first kappa shape index (κ1) is 16.2. The summed E-state index contributed by atoms with van der Waals surface area (Å²) in [5.74, 6) is -1.53. The summed E-state index contributed by atoms with van der Waals surface area (Å²) in [7, 11) is 1.50. The van der Waals surface area contributed by atoms with E-state index < -0.39 is 11.6 Å². The Morgan fingerprint density at radius 1 is 1.39 bits per heavy atom. The fourth-order valence-corrected chi connectivity index (χ4v) is 2.33. The molecule has 0 fully saturated rings. The Hall–Kier alpha value is 0.124. The Kier molecular flexibility index (Phi) is 5.86. The Balaban J connectivity index is 0.00000162. The van der Waals surface area contributed by atoms with E-state index in [4.69, 9.17) is 0 Å². The quantitative estimate of drug-likeness (QED) is 0.376. The molecule has 1 unspecified atom stereocenters. The number of amides is 1. The van der Waals surface area contributed by atoms with Crippen molar-refractivity contribution in [3.63, 3.8) is 0 Å². The zero-order valence-corrected chi connectivity index (χ0v) is 14.6. The minimum absolute atomic E-state index is 0. The first-order chi connectivity index (χ1) is 8.02. The number of hydrogen-bond acceptors (Lipinski definition) is 1. The molecule has 0 saturated heterocycles. The van der Waals surface area contributed by atoms with Gasteiger partial charge in [0.25, 0.3) is 0 Å². The molecular weight excluding hydrogens is 428 g/mol. The standard InChI is InChI=1S/C12H9F2INO.Y/c1-16-10(6-5-9(15)12(16)17)11-7(13)3-2-4-8(11)14;/h2-4,9H,5H2,1H3;/q-1;. The van der Waals surface area contributed by atoms with Crippen molar-refractivity contribution < 1.29 is 46.3 Å². The van der Waals surface area contributed by atoms with Crippen LogP contribution in [0.25, 0.3) is 5.70 Å². The maximum atomic E-state index is 13.6. The molecule has 1 aliphatic heterocycles. The molecule has 1 aliphatic rings. The van der Waals surface area contributed by atoms with Crippen LogP contribution < -0.4 is 0 Å². The molecule has 18 heavy (non-hydrogen) atoms.